The quantitative estimate of drug-likeness (QED) is 0.172. The predicted molar refractivity (Wildman–Crippen MR) is 116 cm³/mol. The number of anilines is 2. The number of fused-ring (bicyclic) bond motifs is 7. The fraction of sp³-hybridized carbons (Fsp3) is 0. The molecule has 0 spiro atoms. The summed E-state index contributed by atoms with van der Waals surface area (Å²) in [5.41, 5.74) is 16.2. The largest absolute Gasteiger partial charge is 0.397 e. The Kier molecular flexibility index (Phi) is 3.36. The van der Waals surface area contributed by atoms with Gasteiger partial charge in [0.2, 0.25) is 0 Å². The topological polar surface area (TPSA) is 77.8 Å². The van der Waals surface area contributed by atoms with Crippen LogP contribution in [0.25, 0.3) is 43.6 Å². The number of nitrogen functional groups attached to an aromatic ring is 2. The standard InChI is InChI=1S/C20H12Br2N4/c21-9-1-3-11-13(5-9)14-6-10(22)2-4-12(14)20-19(11)25-17-7-15(23)16(24)8-18(17)26-20/h1-8H,23-24H2. The first kappa shape index (κ1) is 15.8. The summed E-state index contributed by atoms with van der Waals surface area (Å²) in [5, 5.41) is 4.36. The highest BCUT2D eigenvalue weighted by molar-refractivity contribution is 9.10. The molecule has 0 amide bonds. The van der Waals surface area contributed by atoms with Gasteiger partial charge >= 0.3 is 0 Å². The fourth-order valence-electron chi connectivity index (χ4n) is 3.40. The van der Waals surface area contributed by atoms with Crippen molar-refractivity contribution in [2.75, 3.05) is 11.5 Å². The van der Waals surface area contributed by atoms with Gasteiger partial charge in [-0.05, 0) is 47.2 Å². The monoisotopic (exact) mass is 466 g/mol. The number of nitrogens with two attached hydrogens (primary N) is 2. The molecular weight excluding hydrogens is 456 g/mol. The SMILES string of the molecule is Nc1cc2nc3c4ccc(Br)cc4c4cc(Br)ccc4c3nc2cc1N. The Labute approximate surface area is 165 Å². The van der Waals surface area contributed by atoms with Gasteiger partial charge in [-0.1, -0.05) is 44.0 Å². The molecule has 4 aromatic carbocycles. The molecule has 5 aromatic rings. The molecule has 0 bridgehead atoms. The lowest BCUT2D eigenvalue weighted by molar-refractivity contribution is 1.42. The van der Waals surface area contributed by atoms with Crippen molar-refractivity contribution >= 4 is 86.8 Å². The Balaban J connectivity index is 2.10. The molecule has 0 aliphatic rings. The van der Waals surface area contributed by atoms with Gasteiger partial charge < -0.3 is 11.5 Å². The van der Waals surface area contributed by atoms with E-state index in [4.69, 9.17) is 21.4 Å². The maximum Gasteiger partial charge on any atom is 0.0979 e. The first-order valence-electron chi connectivity index (χ1n) is 7.98. The summed E-state index contributed by atoms with van der Waals surface area (Å²) in [7, 11) is 0. The minimum absolute atomic E-state index is 0.517. The molecule has 0 radical (unpaired) electrons. The Bertz CT molecular complexity index is 1270. The molecule has 26 heavy (non-hydrogen) atoms. The molecule has 1 aromatic heterocycles. The molecule has 0 saturated heterocycles. The average molecular weight is 468 g/mol. The summed E-state index contributed by atoms with van der Waals surface area (Å²) in [6.45, 7) is 0. The summed E-state index contributed by atoms with van der Waals surface area (Å²) in [6, 6.07) is 16.0. The van der Waals surface area contributed by atoms with Crippen molar-refractivity contribution in [2.45, 2.75) is 0 Å². The van der Waals surface area contributed by atoms with Gasteiger partial charge in [-0.2, -0.15) is 0 Å². The minimum Gasteiger partial charge on any atom is -0.397 e. The Morgan fingerprint density at radius 3 is 1.42 bits per heavy atom. The van der Waals surface area contributed by atoms with Crippen LogP contribution in [0.3, 0.4) is 0 Å². The van der Waals surface area contributed by atoms with E-state index in [-0.39, 0.29) is 0 Å². The van der Waals surface area contributed by atoms with Crippen LogP contribution in [0.1, 0.15) is 0 Å². The molecule has 0 fully saturated rings. The summed E-state index contributed by atoms with van der Waals surface area (Å²) in [4.78, 5) is 9.77. The molecule has 0 aliphatic carbocycles. The van der Waals surface area contributed by atoms with Gasteiger partial charge in [-0.25, -0.2) is 9.97 Å². The number of hydrogen-bond donors (Lipinski definition) is 2. The molecule has 1 heterocycles. The molecule has 4 N–H and O–H groups in total. The molecule has 126 valence electrons. The Morgan fingerprint density at radius 2 is 1.00 bits per heavy atom. The van der Waals surface area contributed by atoms with Crippen LogP contribution in [0.2, 0.25) is 0 Å². The Hall–Kier alpha value is -2.44. The molecular formula is C20H12Br2N4. The summed E-state index contributed by atoms with van der Waals surface area (Å²) < 4.78 is 2.05. The third-order valence-corrected chi connectivity index (χ3v) is 5.62. The van der Waals surface area contributed by atoms with Gasteiger partial charge in [0, 0.05) is 19.7 Å². The van der Waals surface area contributed by atoms with Gasteiger partial charge in [0.15, 0.2) is 0 Å². The van der Waals surface area contributed by atoms with Crippen molar-refractivity contribution in [1.29, 1.82) is 0 Å². The molecule has 5 rings (SSSR count). The van der Waals surface area contributed by atoms with Crippen molar-refractivity contribution in [3.05, 3.63) is 57.5 Å². The van der Waals surface area contributed by atoms with Crippen molar-refractivity contribution < 1.29 is 0 Å². The van der Waals surface area contributed by atoms with E-state index in [0.29, 0.717) is 11.4 Å². The highest BCUT2D eigenvalue weighted by atomic mass is 79.9. The lowest BCUT2D eigenvalue weighted by atomic mass is 9.99. The van der Waals surface area contributed by atoms with E-state index in [1.54, 1.807) is 12.1 Å². The highest BCUT2D eigenvalue weighted by Crippen LogP contribution is 2.37. The van der Waals surface area contributed by atoms with Crippen molar-refractivity contribution in [3.8, 4) is 0 Å². The smallest absolute Gasteiger partial charge is 0.0979 e. The van der Waals surface area contributed by atoms with E-state index in [9.17, 15) is 0 Å². The van der Waals surface area contributed by atoms with Crippen molar-refractivity contribution in [2.24, 2.45) is 0 Å². The second kappa shape index (κ2) is 5.53. The summed E-state index contributed by atoms with van der Waals surface area (Å²) >= 11 is 7.16. The van der Waals surface area contributed by atoms with E-state index in [1.807, 2.05) is 12.1 Å². The van der Waals surface area contributed by atoms with Crippen LogP contribution in [0, 0.1) is 0 Å². The van der Waals surface area contributed by atoms with Crippen LogP contribution in [0.4, 0.5) is 11.4 Å². The lowest BCUT2D eigenvalue weighted by Gasteiger charge is -2.11. The predicted octanol–water partition coefficient (Wildman–Crippen LogP) is 5.78. The van der Waals surface area contributed by atoms with Crippen LogP contribution in [0.15, 0.2) is 57.5 Å². The zero-order chi connectivity index (χ0) is 18.0. The number of benzene rings is 4. The molecule has 0 atom stereocenters. The number of nitrogens with zero attached hydrogens (tertiary/aromatic N) is 2. The maximum atomic E-state index is 5.97. The van der Waals surface area contributed by atoms with Gasteiger partial charge in [-0.15, -0.1) is 0 Å². The first-order valence-corrected chi connectivity index (χ1v) is 9.57. The van der Waals surface area contributed by atoms with E-state index in [1.165, 1.54) is 0 Å². The van der Waals surface area contributed by atoms with Crippen molar-refractivity contribution in [3.63, 3.8) is 0 Å². The van der Waals surface area contributed by atoms with Crippen LogP contribution in [0.5, 0.6) is 0 Å². The fourth-order valence-corrected chi connectivity index (χ4v) is 4.12. The van der Waals surface area contributed by atoms with E-state index < -0.39 is 0 Å². The van der Waals surface area contributed by atoms with E-state index in [0.717, 1.165) is 52.6 Å². The third kappa shape index (κ3) is 2.26. The van der Waals surface area contributed by atoms with Crippen LogP contribution in [-0.2, 0) is 0 Å². The number of hydrogen-bond acceptors (Lipinski definition) is 4. The average Bonchev–Trinajstić information content (AvgIpc) is 2.61. The van der Waals surface area contributed by atoms with Gasteiger partial charge in [0.05, 0.1) is 33.4 Å². The van der Waals surface area contributed by atoms with E-state index >= 15 is 0 Å². The second-order valence-electron chi connectivity index (χ2n) is 6.27. The first-order chi connectivity index (χ1) is 12.5. The molecule has 0 saturated carbocycles. The van der Waals surface area contributed by atoms with Gasteiger partial charge in [0.25, 0.3) is 0 Å². The molecule has 0 aliphatic heterocycles. The van der Waals surface area contributed by atoms with Gasteiger partial charge in [-0.3, -0.25) is 0 Å². The maximum absolute atomic E-state index is 5.97. The van der Waals surface area contributed by atoms with Crippen LogP contribution < -0.4 is 11.5 Å². The third-order valence-electron chi connectivity index (χ3n) is 4.63. The van der Waals surface area contributed by atoms with Crippen molar-refractivity contribution in [1.82, 2.24) is 9.97 Å². The second-order valence-corrected chi connectivity index (χ2v) is 8.10. The summed E-state index contributed by atoms with van der Waals surface area (Å²) in [6.07, 6.45) is 0. The van der Waals surface area contributed by atoms with E-state index in [2.05, 4.69) is 56.1 Å². The number of halogens is 2. The van der Waals surface area contributed by atoms with Crippen LogP contribution >= 0.6 is 31.9 Å². The summed E-state index contributed by atoms with van der Waals surface area (Å²) in [5.74, 6) is 0. The lowest BCUT2D eigenvalue weighted by Crippen LogP contribution is -1.97. The Morgan fingerprint density at radius 1 is 0.577 bits per heavy atom. The highest BCUT2D eigenvalue weighted by Gasteiger charge is 2.13. The number of aromatic nitrogens is 2. The zero-order valence-corrected chi connectivity index (χ0v) is 16.6. The zero-order valence-electron chi connectivity index (χ0n) is 13.4. The molecule has 4 nitrogen and oxygen atoms in total. The minimum atomic E-state index is 0.517. The van der Waals surface area contributed by atoms with Crippen LogP contribution in [-0.4, -0.2) is 9.97 Å². The molecule has 6 heteroatoms. The molecule has 0 unspecified atom stereocenters. The van der Waals surface area contributed by atoms with Gasteiger partial charge in [0.1, 0.15) is 0 Å². The normalized spacial score (nSPS) is 11.8. The number of rotatable bonds is 0.